The summed E-state index contributed by atoms with van der Waals surface area (Å²) < 4.78 is 0. The molecule has 0 heterocycles. The molecule has 0 amide bonds. The molecule has 0 radical (unpaired) electrons. The van der Waals surface area contributed by atoms with E-state index in [1.807, 2.05) is 0 Å². The second kappa shape index (κ2) is 5.05. The van der Waals surface area contributed by atoms with E-state index >= 15 is 0 Å². The van der Waals surface area contributed by atoms with E-state index in [-0.39, 0.29) is 22.9 Å². The summed E-state index contributed by atoms with van der Waals surface area (Å²) in [5.74, 6) is 1.57. The molecule has 4 saturated carbocycles. The Labute approximate surface area is 139 Å². The first kappa shape index (κ1) is 16.1. The van der Waals surface area contributed by atoms with E-state index < -0.39 is 5.60 Å². The molecule has 0 bridgehead atoms. The highest BCUT2D eigenvalue weighted by Crippen LogP contribution is 2.68. The normalized spacial score (nSPS) is 58.9. The van der Waals surface area contributed by atoms with Crippen LogP contribution in [0.25, 0.3) is 0 Å². The maximum absolute atomic E-state index is 11.7. The van der Waals surface area contributed by atoms with Crippen LogP contribution in [0.1, 0.15) is 71.6 Å². The van der Waals surface area contributed by atoms with E-state index in [0.29, 0.717) is 17.8 Å². The predicted molar refractivity (Wildman–Crippen MR) is 88.7 cm³/mol. The molecule has 8 atom stereocenters. The molecule has 4 aliphatic carbocycles. The first-order valence-electron chi connectivity index (χ1n) is 9.71. The maximum Gasteiger partial charge on any atom is 0.123 e. The van der Waals surface area contributed by atoms with Crippen LogP contribution in [-0.2, 0) is 4.79 Å². The van der Waals surface area contributed by atoms with E-state index in [9.17, 15) is 15.0 Å². The number of hydrogen-bond donors (Lipinski definition) is 2. The van der Waals surface area contributed by atoms with Gasteiger partial charge in [0, 0.05) is 11.3 Å². The quantitative estimate of drug-likeness (QED) is 0.729. The number of aliphatic hydroxyl groups is 2. The smallest absolute Gasteiger partial charge is 0.123 e. The Kier molecular flexibility index (Phi) is 3.53. The first-order valence-corrected chi connectivity index (χ1v) is 9.71. The zero-order chi connectivity index (χ0) is 16.5. The lowest BCUT2D eigenvalue weighted by atomic mass is 9.43. The minimum atomic E-state index is -0.647. The molecule has 2 N–H and O–H groups in total. The lowest BCUT2D eigenvalue weighted by Crippen LogP contribution is -2.62. The largest absolute Gasteiger partial charge is 0.393 e. The number of rotatable bonds is 1. The molecule has 3 heteroatoms. The van der Waals surface area contributed by atoms with Crippen LogP contribution in [0.15, 0.2) is 0 Å². The highest BCUT2D eigenvalue weighted by molar-refractivity contribution is 5.57. The van der Waals surface area contributed by atoms with Gasteiger partial charge in [0.15, 0.2) is 0 Å². The van der Waals surface area contributed by atoms with E-state index in [4.69, 9.17) is 0 Å². The lowest BCUT2D eigenvalue weighted by Gasteiger charge is -2.63. The van der Waals surface area contributed by atoms with Crippen LogP contribution < -0.4 is 0 Å². The third-order valence-corrected chi connectivity index (χ3v) is 9.06. The molecule has 0 saturated heterocycles. The summed E-state index contributed by atoms with van der Waals surface area (Å²) in [6.45, 7) is 4.60. The third kappa shape index (κ3) is 1.93. The van der Waals surface area contributed by atoms with Gasteiger partial charge in [-0.3, -0.25) is 0 Å². The fourth-order valence-electron chi connectivity index (χ4n) is 7.46. The molecule has 4 aliphatic rings. The van der Waals surface area contributed by atoms with Gasteiger partial charge in [-0.2, -0.15) is 0 Å². The molecule has 23 heavy (non-hydrogen) atoms. The predicted octanol–water partition coefficient (Wildman–Crippen LogP) is 3.32. The number of fused-ring (bicyclic) bond motifs is 5. The lowest BCUT2D eigenvalue weighted by molar-refractivity contribution is -0.208. The first-order chi connectivity index (χ1) is 10.8. The Morgan fingerprint density at radius 1 is 0.957 bits per heavy atom. The van der Waals surface area contributed by atoms with E-state index in [1.54, 1.807) is 0 Å². The van der Waals surface area contributed by atoms with Gasteiger partial charge in [-0.05, 0) is 81.0 Å². The van der Waals surface area contributed by atoms with Crippen LogP contribution in [-0.4, -0.2) is 28.2 Å². The molecular formula is C20H32O3. The van der Waals surface area contributed by atoms with Gasteiger partial charge in [-0.1, -0.05) is 13.8 Å². The fraction of sp³-hybridized carbons (Fsp3) is 0.950. The van der Waals surface area contributed by atoms with Crippen LogP contribution in [0, 0.1) is 34.5 Å². The van der Waals surface area contributed by atoms with Crippen molar-refractivity contribution in [3.05, 3.63) is 0 Å². The average Bonchev–Trinajstić information content (AvgIpc) is 2.79. The molecule has 0 aromatic carbocycles. The molecule has 3 unspecified atom stereocenters. The monoisotopic (exact) mass is 320 g/mol. The van der Waals surface area contributed by atoms with Gasteiger partial charge in [0.2, 0.25) is 0 Å². The Balaban J connectivity index is 1.68. The summed E-state index contributed by atoms with van der Waals surface area (Å²) in [5, 5.41) is 21.8. The molecule has 4 rings (SSSR count). The maximum atomic E-state index is 11.7. The second-order valence-electron chi connectivity index (χ2n) is 9.58. The van der Waals surface area contributed by atoms with Gasteiger partial charge in [0.25, 0.3) is 0 Å². The molecule has 3 nitrogen and oxygen atoms in total. The molecule has 0 spiro atoms. The third-order valence-electron chi connectivity index (χ3n) is 9.06. The van der Waals surface area contributed by atoms with Crippen molar-refractivity contribution in [2.24, 2.45) is 34.5 Å². The summed E-state index contributed by atoms with van der Waals surface area (Å²) >= 11 is 0. The van der Waals surface area contributed by atoms with Gasteiger partial charge in [-0.15, -0.1) is 0 Å². The number of aldehydes is 1. The summed E-state index contributed by atoms with van der Waals surface area (Å²) in [6.07, 6.45) is 9.98. The topological polar surface area (TPSA) is 57.5 Å². The van der Waals surface area contributed by atoms with Crippen molar-refractivity contribution in [2.45, 2.75) is 83.3 Å². The van der Waals surface area contributed by atoms with Crippen molar-refractivity contribution < 1.29 is 15.0 Å². The number of hydrogen-bond acceptors (Lipinski definition) is 3. The summed E-state index contributed by atoms with van der Waals surface area (Å²) in [7, 11) is 0. The van der Waals surface area contributed by atoms with Crippen LogP contribution in [0.3, 0.4) is 0 Å². The minimum absolute atomic E-state index is 0.0344. The molecule has 0 aliphatic heterocycles. The Morgan fingerprint density at radius 2 is 1.74 bits per heavy atom. The van der Waals surface area contributed by atoms with Gasteiger partial charge < -0.3 is 15.0 Å². The van der Waals surface area contributed by atoms with Crippen molar-refractivity contribution in [3.63, 3.8) is 0 Å². The van der Waals surface area contributed by atoms with Crippen molar-refractivity contribution in [2.75, 3.05) is 0 Å². The highest BCUT2D eigenvalue weighted by Gasteiger charge is 2.67. The van der Waals surface area contributed by atoms with Gasteiger partial charge >= 0.3 is 0 Å². The molecule has 4 fully saturated rings. The zero-order valence-corrected chi connectivity index (χ0v) is 14.6. The van der Waals surface area contributed by atoms with Gasteiger partial charge in [0.05, 0.1) is 11.7 Å². The molecule has 130 valence electrons. The Hall–Kier alpha value is -0.410. The van der Waals surface area contributed by atoms with Crippen molar-refractivity contribution in [3.8, 4) is 0 Å². The molecule has 0 aromatic rings. The van der Waals surface area contributed by atoms with Crippen molar-refractivity contribution in [1.29, 1.82) is 0 Å². The number of aliphatic hydroxyl groups excluding tert-OH is 1. The fourth-order valence-corrected chi connectivity index (χ4v) is 7.46. The Bertz CT molecular complexity index is 505. The van der Waals surface area contributed by atoms with E-state index in [0.717, 1.165) is 64.1 Å². The standard InChI is InChI=1S/C20H32O3/c1-18-8-6-15(22)11-13(18)3-4-17-16(18)7-9-19(2)14(12-21)5-10-20(17,19)23/h12-17,22-23H,3-11H2,1-2H3/t13?,14?,15?,16-,17-,18+,19-,20-/m1/s1. The number of carbonyl (C=O) groups excluding carboxylic acids is 1. The van der Waals surface area contributed by atoms with Gasteiger partial charge in [-0.25, -0.2) is 0 Å². The number of carbonyl (C=O) groups is 1. The van der Waals surface area contributed by atoms with E-state index in [1.165, 1.54) is 0 Å². The summed E-state index contributed by atoms with van der Waals surface area (Å²) in [5.41, 5.74) is -0.586. The highest BCUT2D eigenvalue weighted by atomic mass is 16.3. The summed E-state index contributed by atoms with van der Waals surface area (Å²) in [4.78, 5) is 11.6. The Morgan fingerprint density at radius 3 is 2.48 bits per heavy atom. The second-order valence-corrected chi connectivity index (χ2v) is 9.58. The van der Waals surface area contributed by atoms with Crippen LogP contribution in [0.2, 0.25) is 0 Å². The average molecular weight is 320 g/mol. The van der Waals surface area contributed by atoms with Crippen LogP contribution in [0.4, 0.5) is 0 Å². The van der Waals surface area contributed by atoms with Crippen molar-refractivity contribution >= 4 is 6.29 Å². The van der Waals surface area contributed by atoms with Crippen molar-refractivity contribution in [1.82, 2.24) is 0 Å². The molecule has 0 aromatic heterocycles. The molecular weight excluding hydrogens is 288 g/mol. The SMILES string of the molecule is C[C@]12CCC(O)CC1CC[C@@H]1[C@H]2CC[C@]2(C)C(C=O)CC[C@@]12O. The van der Waals surface area contributed by atoms with E-state index in [2.05, 4.69) is 13.8 Å². The minimum Gasteiger partial charge on any atom is -0.393 e. The van der Waals surface area contributed by atoms with Crippen LogP contribution in [0.5, 0.6) is 0 Å². The summed E-state index contributed by atoms with van der Waals surface area (Å²) in [6, 6.07) is 0. The van der Waals surface area contributed by atoms with Gasteiger partial charge in [0.1, 0.15) is 6.29 Å². The van der Waals surface area contributed by atoms with Crippen LogP contribution >= 0.6 is 0 Å². The zero-order valence-electron chi connectivity index (χ0n) is 14.6.